The number of Topliss-reactive ketones (excluding diaryl/α,β-unsaturated/α-hetero) is 1. The first-order valence-corrected chi connectivity index (χ1v) is 6.96. The highest BCUT2D eigenvalue weighted by Gasteiger charge is 2.24. The molecule has 2 N–H and O–H groups in total. The van der Waals surface area contributed by atoms with Crippen molar-refractivity contribution in [2.75, 3.05) is 6.61 Å². The monoisotopic (exact) mass is 313 g/mol. The van der Waals surface area contributed by atoms with E-state index in [1.54, 1.807) is 12.1 Å². The lowest BCUT2D eigenvalue weighted by atomic mass is 10.1. The third-order valence-corrected chi connectivity index (χ3v) is 3.31. The van der Waals surface area contributed by atoms with Gasteiger partial charge in [0.2, 0.25) is 5.91 Å². The van der Waals surface area contributed by atoms with Crippen molar-refractivity contribution in [3.63, 3.8) is 0 Å². The van der Waals surface area contributed by atoms with Crippen LogP contribution in [0.25, 0.3) is 0 Å². The fourth-order valence-electron chi connectivity index (χ4n) is 1.51. The Labute approximate surface area is 124 Å². The molecule has 0 aromatic carbocycles. The van der Waals surface area contributed by atoms with E-state index in [0.29, 0.717) is 0 Å². The van der Waals surface area contributed by atoms with Gasteiger partial charge in [-0.05, 0) is 11.4 Å². The number of carbonyl (C=O) groups is 4. The molecule has 1 amide bonds. The Morgan fingerprint density at radius 3 is 2.62 bits per heavy atom. The van der Waals surface area contributed by atoms with E-state index in [1.807, 2.05) is 5.38 Å². The summed E-state index contributed by atoms with van der Waals surface area (Å²) in [5.74, 6) is -3.00. The number of esters is 1. The third-order valence-electron chi connectivity index (χ3n) is 2.44. The van der Waals surface area contributed by atoms with Crippen LogP contribution in [0.5, 0.6) is 0 Å². The number of carboxylic acid groups (broad SMARTS) is 1. The van der Waals surface area contributed by atoms with Crippen LogP contribution in [0.2, 0.25) is 0 Å². The van der Waals surface area contributed by atoms with Gasteiger partial charge in [-0.15, -0.1) is 11.3 Å². The van der Waals surface area contributed by atoms with Crippen LogP contribution < -0.4 is 5.32 Å². The summed E-state index contributed by atoms with van der Waals surface area (Å²) in [6.45, 7) is 0.571. The Kier molecular flexibility index (Phi) is 6.54. The molecule has 0 radical (unpaired) electrons. The molecule has 1 aromatic rings. The number of ether oxygens (including phenoxy) is 1. The summed E-state index contributed by atoms with van der Waals surface area (Å²) in [5.41, 5.74) is 0. The number of carboxylic acids is 1. The number of amides is 1. The minimum absolute atomic E-state index is 0.0641. The highest BCUT2D eigenvalue weighted by molar-refractivity contribution is 7.10. The third kappa shape index (κ3) is 6.66. The predicted octanol–water partition coefficient (Wildman–Crippen LogP) is 0.382. The summed E-state index contributed by atoms with van der Waals surface area (Å²) in [4.78, 5) is 45.7. The van der Waals surface area contributed by atoms with Gasteiger partial charge in [-0.25, -0.2) is 0 Å². The average molecular weight is 313 g/mol. The minimum Gasteiger partial charge on any atom is -0.481 e. The Morgan fingerprint density at radius 1 is 1.38 bits per heavy atom. The second kappa shape index (κ2) is 8.15. The summed E-state index contributed by atoms with van der Waals surface area (Å²) < 4.78 is 4.52. The molecule has 21 heavy (non-hydrogen) atoms. The van der Waals surface area contributed by atoms with Crippen molar-refractivity contribution in [1.29, 1.82) is 0 Å². The molecule has 114 valence electrons. The second-order valence-corrected chi connectivity index (χ2v) is 5.25. The van der Waals surface area contributed by atoms with Gasteiger partial charge >= 0.3 is 11.9 Å². The standard InChI is InChI=1S/C13H15NO6S/c1-8(15)20-7-11(16)10(6-13(18)19)14-12(17)5-9-3-2-4-21-9/h2-4,10H,5-7H2,1H3,(H,14,17)(H,18,19). The largest absolute Gasteiger partial charge is 0.481 e. The van der Waals surface area contributed by atoms with Crippen LogP contribution in [0.1, 0.15) is 18.2 Å². The molecule has 1 atom stereocenters. The SMILES string of the molecule is CC(=O)OCC(=O)C(CC(=O)O)NC(=O)Cc1cccs1. The number of carbonyl (C=O) groups excluding carboxylic acids is 3. The molecule has 1 heterocycles. The number of hydrogen-bond acceptors (Lipinski definition) is 6. The summed E-state index contributed by atoms with van der Waals surface area (Å²) in [6, 6.07) is 2.33. The first-order valence-electron chi connectivity index (χ1n) is 6.08. The van der Waals surface area contributed by atoms with Gasteiger partial charge in [0.1, 0.15) is 6.04 Å². The Morgan fingerprint density at radius 2 is 2.10 bits per heavy atom. The van der Waals surface area contributed by atoms with Crippen molar-refractivity contribution in [2.45, 2.75) is 25.8 Å². The van der Waals surface area contributed by atoms with Gasteiger partial charge in [0, 0.05) is 11.8 Å². The number of hydrogen-bond donors (Lipinski definition) is 2. The first kappa shape index (κ1) is 16.8. The van der Waals surface area contributed by atoms with Gasteiger partial charge in [0.15, 0.2) is 12.4 Å². The van der Waals surface area contributed by atoms with Crippen LogP contribution in [0.15, 0.2) is 17.5 Å². The maximum atomic E-state index is 11.8. The number of ketones is 1. The lowest BCUT2D eigenvalue weighted by molar-refractivity contribution is -0.147. The second-order valence-electron chi connectivity index (χ2n) is 4.22. The van der Waals surface area contributed by atoms with Crippen LogP contribution in [0, 0.1) is 0 Å². The molecule has 7 nitrogen and oxygen atoms in total. The number of thiophene rings is 1. The van der Waals surface area contributed by atoms with E-state index in [9.17, 15) is 19.2 Å². The van der Waals surface area contributed by atoms with Crippen LogP contribution in [0.4, 0.5) is 0 Å². The summed E-state index contributed by atoms with van der Waals surface area (Å²) >= 11 is 1.38. The summed E-state index contributed by atoms with van der Waals surface area (Å²) in [5, 5.41) is 12.9. The highest BCUT2D eigenvalue weighted by atomic mass is 32.1. The van der Waals surface area contributed by atoms with Gasteiger partial charge in [0.25, 0.3) is 0 Å². The van der Waals surface area contributed by atoms with E-state index < -0.39 is 42.7 Å². The smallest absolute Gasteiger partial charge is 0.305 e. The minimum atomic E-state index is -1.23. The first-order chi connectivity index (χ1) is 9.88. The molecular weight excluding hydrogens is 298 g/mol. The molecule has 0 bridgehead atoms. The Bertz CT molecular complexity index is 525. The van der Waals surface area contributed by atoms with Crippen LogP contribution in [-0.4, -0.2) is 41.4 Å². The lowest BCUT2D eigenvalue weighted by Gasteiger charge is -2.15. The molecule has 0 saturated carbocycles. The predicted molar refractivity (Wildman–Crippen MR) is 73.8 cm³/mol. The molecule has 0 aliphatic heterocycles. The molecule has 8 heteroatoms. The van der Waals surface area contributed by atoms with Gasteiger partial charge in [-0.2, -0.15) is 0 Å². The molecular formula is C13H15NO6S. The number of rotatable bonds is 8. The van der Waals surface area contributed by atoms with Gasteiger partial charge in [0.05, 0.1) is 12.8 Å². The fraction of sp³-hybridized carbons (Fsp3) is 0.385. The van der Waals surface area contributed by atoms with Crippen molar-refractivity contribution in [3.8, 4) is 0 Å². The average Bonchev–Trinajstić information content (AvgIpc) is 2.87. The van der Waals surface area contributed by atoms with Gasteiger partial charge in [-0.3, -0.25) is 19.2 Å². The van der Waals surface area contributed by atoms with Crippen molar-refractivity contribution >= 4 is 35.0 Å². The maximum Gasteiger partial charge on any atom is 0.305 e. The van der Waals surface area contributed by atoms with E-state index in [1.165, 1.54) is 11.3 Å². The zero-order valence-corrected chi connectivity index (χ0v) is 12.1. The Hall–Kier alpha value is -2.22. The molecule has 0 aliphatic carbocycles. The molecule has 0 spiro atoms. The Balaban J connectivity index is 2.59. The van der Waals surface area contributed by atoms with E-state index in [-0.39, 0.29) is 6.42 Å². The lowest BCUT2D eigenvalue weighted by Crippen LogP contribution is -2.44. The van der Waals surface area contributed by atoms with Crippen LogP contribution >= 0.6 is 11.3 Å². The van der Waals surface area contributed by atoms with Crippen LogP contribution in [0.3, 0.4) is 0 Å². The van der Waals surface area contributed by atoms with Crippen molar-refractivity contribution in [3.05, 3.63) is 22.4 Å². The molecule has 1 aromatic heterocycles. The topological polar surface area (TPSA) is 110 Å². The van der Waals surface area contributed by atoms with E-state index >= 15 is 0 Å². The maximum absolute atomic E-state index is 11.8. The quantitative estimate of drug-likeness (QED) is 0.672. The number of aliphatic carboxylic acids is 1. The molecule has 0 saturated heterocycles. The molecule has 1 unspecified atom stereocenters. The van der Waals surface area contributed by atoms with Crippen LogP contribution in [-0.2, 0) is 30.3 Å². The van der Waals surface area contributed by atoms with Crippen molar-refractivity contribution in [2.24, 2.45) is 0 Å². The van der Waals surface area contributed by atoms with E-state index in [0.717, 1.165) is 11.8 Å². The van der Waals surface area contributed by atoms with Crippen molar-refractivity contribution in [1.82, 2.24) is 5.32 Å². The number of nitrogens with one attached hydrogen (secondary N) is 1. The summed E-state index contributed by atoms with van der Waals surface area (Å²) in [6.07, 6.45) is -0.495. The molecule has 0 fully saturated rings. The van der Waals surface area contributed by atoms with Gasteiger partial charge in [-0.1, -0.05) is 6.07 Å². The molecule has 1 rings (SSSR count). The highest BCUT2D eigenvalue weighted by Crippen LogP contribution is 2.09. The fourth-order valence-corrected chi connectivity index (χ4v) is 2.21. The van der Waals surface area contributed by atoms with Crippen molar-refractivity contribution < 1.29 is 29.0 Å². The zero-order valence-electron chi connectivity index (χ0n) is 11.3. The molecule has 0 aliphatic rings. The normalized spacial score (nSPS) is 11.5. The summed E-state index contributed by atoms with van der Waals surface area (Å²) in [7, 11) is 0. The van der Waals surface area contributed by atoms with Gasteiger partial charge < -0.3 is 15.2 Å². The zero-order chi connectivity index (χ0) is 15.8. The van der Waals surface area contributed by atoms with E-state index in [2.05, 4.69) is 10.1 Å². The van der Waals surface area contributed by atoms with E-state index in [4.69, 9.17) is 5.11 Å².